The Kier molecular flexibility index (Phi) is 4.49. The number of furan rings is 1. The van der Waals surface area contributed by atoms with Gasteiger partial charge in [-0.1, -0.05) is 11.6 Å². The minimum atomic E-state index is -0.874. The van der Waals surface area contributed by atoms with Gasteiger partial charge in [0.25, 0.3) is 0 Å². The molecule has 1 aromatic heterocycles. The Bertz CT molecular complexity index is 661. The van der Waals surface area contributed by atoms with Crippen LogP contribution in [0.1, 0.15) is 34.3 Å². The Balaban J connectivity index is 2.58. The number of methoxy groups -OCH3 is 2. The molecule has 2 aromatic rings. The summed E-state index contributed by atoms with van der Waals surface area (Å²) >= 11 is 6.25. The molecule has 0 radical (unpaired) electrons. The molecule has 0 aliphatic heterocycles. The molecule has 2 rings (SSSR count). The van der Waals surface area contributed by atoms with E-state index in [2.05, 4.69) is 0 Å². The molecule has 0 fully saturated rings. The van der Waals surface area contributed by atoms with Gasteiger partial charge in [0.15, 0.2) is 0 Å². The maximum atomic E-state index is 10.7. The third-order valence-corrected chi connectivity index (χ3v) is 4.06. The SMILES string of the molecule is COc1ccc(C(O)c2c(C)oc(C)c2C)c(OC)c1Cl. The van der Waals surface area contributed by atoms with Crippen LogP contribution in [0.4, 0.5) is 0 Å². The average Bonchev–Trinajstić information content (AvgIpc) is 2.71. The number of aliphatic hydroxyl groups is 1. The van der Waals surface area contributed by atoms with Gasteiger partial charge in [-0.3, -0.25) is 0 Å². The Morgan fingerprint density at radius 3 is 2.24 bits per heavy atom. The van der Waals surface area contributed by atoms with E-state index in [1.807, 2.05) is 20.8 Å². The van der Waals surface area contributed by atoms with E-state index in [0.29, 0.717) is 27.8 Å². The first kappa shape index (κ1) is 15.7. The molecule has 0 bridgehead atoms. The third-order valence-electron chi connectivity index (χ3n) is 3.70. The van der Waals surface area contributed by atoms with Crippen LogP contribution in [0, 0.1) is 20.8 Å². The lowest BCUT2D eigenvalue weighted by atomic mass is 9.97. The molecular weight excluding hydrogens is 292 g/mol. The van der Waals surface area contributed by atoms with Gasteiger partial charge in [0, 0.05) is 11.1 Å². The van der Waals surface area contributed by atoms with Crippen molar-refractivity contribution in [3.05, 3.63) is 45.4 Å². The molecule has 0 saturated carbocycles. The van der Waals surface area contributed by atoms with Gasteiger partial charge < -0.3 is 19.0 Å². The van der Waals surface area contributed by atoms with Crippen molar-refractivity contribution < 1.29 is 19.0 Å². The van der Waals surface area contributed by atoms with Crippen LogP contribution in [0.25, 0.3) is 0 Å². The standard InChI is InChI=1S/C16H19ClO4/c1-8-9(2)21-10(3)13(8)15(18)11-6-7-12(19-4)14(17)16(11)20-5/h6-7,15,18H,1-5H3. The first-order valence-corrected chi connectivity index (χ1v) is 6.95. The van der Waals surface area contributed by atoms with Crippen molar-refractivity contribution in [1.82, 2.24) is 0 Å². The van der Waals surface area contributed by atoms with E-state index in [4.69, 9.17) is 25.5 Å². The van der Waals surface area contributed by atoms with Crippen LogP contribution in [0.15, 0.2) is 16.5 Å². The van der Waals surface area contributed by atoms with Crippen LogP contribution in [-0.4, -0.2) is 19.3 Å². The highest BCUT2D eigenvalue weighted by Gasteiger charge is 2.25. The highest BCUT2D eigenvalue weighted by Crippen LogP contribution is 2.42. The zero-order chi connectivity index (χ0) is 15.7. The first-order chi connectivity index (χ1) is 9.92. The second-order valence-electron chi connectivity index (χ2n) is 4.86. The first-order valence-electron chi connectivity index (χ1n) is 6.57. The van der Waals surface area contributed by atoms with Crippen LogP contribution in [0.3, 0.4) is 0 Å². The van der Waals surface area contributed by atoms with Gasteiger partial charge in [-0.2, -0.15) is 0 Å². The summed E-state index contributed by atoms with van der Waals surface area (Å²) in [6.07, 6.45) is -0.874. The zero-order valence-corrected chi connectivity index (χ0v) is 13.5. The number of benzene rings is 1. The Morgan fingerprint density at radius 2 is 1.76 bits per heavy atom. The summed E-state index contributed by atoms with van der Waals surface area (Å²) in [6.45, 7) is 5.62. The average molecular weight is 311 g/mol. The van der Waals surface area contributed by atoms with Gasteiger partial charge >= 0.3 is 0 Å². The highest BCUT2D eigenvalue weighted by atomic mass is 35.5. The van der Waals surface area contributed by atoms with Gasteiger partial charge in [-0.15, -0.1) is 0 Å². The molecule has 0 amide bonds. The molecule has 0 aliphatic carbocycles. The molecule has 1 aromatic carbocycles. The molecule has 4 nitrogen and oxygen atoms in total. The van der Waals surface area contributed by atoms with Crippen LogP contribution < -0.4 is 9.47 Å². The normalized spacial score (nSPS) is 12.3. The molecular formula is C16H19ClO4. The van der Waals surface area contributed by atoms with Gasteiger partial charge in [-0.25, -0.2) is 0 Å². The molecule has 1 unspecified atom stereocenters. The highest BCUT2D eigenvalue weighted by molar-refractivity contribution is 6.33. The second-order valence-corrected chi connectivity index (χ2v) is 5.24. The quantitative estimate of drug-likeness (QED) is 0.928. The molecule has 0 saturated heterocycles. The Morgan fingerprint density at radius 1 is 1.10 bits per heavy atom. The molecule has 0 spiro atoms. The minimum Gasteiger partial charge on any atom is -0.495 e. The van der Waals surface area contributed by atoms with Gasteiger partial charge in [0.2, 0.25) is 0 Å². The van der Waals surface area contributed by atoms with Gasteiger partial charge in [0.1, 0.15) is 34.1 Å². The van der Waals surface area contributed by atoms with Crippen molar-refractivity contribution in [2.24, 2.45) is 0 Å². The van der Waals surface area contributed by atoms with Crippen molar-refractivity contribution in [2.75, 3.05) is 14.2 Å². The lowest BCUT2D eigenvalue weighted by molar-refractivity contribution is 0.211. The summed E-state index contributed by atoms with van der Waals surface area (Å²) < 4.78 is 16.1. The number of hydrogen-bond acceptors (Lipinski definition) is 4. The topological polar surface area (TPSA) is 51.8 Å². The van der Waals surface area contributed by atoms with Gasteiger partial charge in [0.05, 0.1) is 14.2 Å². The van der Waals surface area contributed by atoms with Crippen molar-refractivity contribution in [1.29, 1.82) is 0 Å². The van der Waals surface area contributed by atoms with E-state index in [0.717, 1.165) is 16.9 Å². The molecule has 1 N–H and O–H groups in total. The molecule has 21 heavy (non-hydrogen) atoms. The molecule has 1 heterocycles. The summed E-state index contributed by atoms with van der Waals surface area (Å²) in [5.74, 6) is 2.38. The minimum absolute atomic E-state index is 0.340. The lowest BCUT2D eigenvalue weighted by Crippen LogP contribution is -2.05. The van der Waals surface area contributed by atoms with Gasteiger partial charge in [-0.05, 0) is 38.5 Å². The predicted octanol–water partition coefficient (Wildman–Crippen LogP) is 3.96. The fourth-order valence-electron chi connectivity index (χ4n) is 2.50. The van der Waals surface area contributed by atoms with Crippen molar-refractivity contribution >= 4 is 11.6 Å². The van der Waals surface area contributed by atoms with E-state index < -0.39 is 6.10 Å². The molecule has 114 valence electrons. The summed E-state index contributed by atoms with van der Waals surface area (Å²) in [4.78, 5) is 0. The molecule has 5 heteroatoms. The van der Waals surface area contributed by atoms with E-state index in [9.17, 15) is 5.11 Å². The molecule has 1 atom stereocenters. The third kappa shape index (κ3) is 2.61. The summed E-state index contributed by atoms with van der Waals surface area (Å²) in [5.41, 5.74) is 2.25. The fourth-order valence-corrected chi connectivity index (χ4v) is 2.83. The maximum Gasteiger partial charge on any atom is 0.147 e. The zero-order valence-electron chi connectivity index (χ0n) is 12.8. The fraction of sp³-hybridized carbons (Fsp3) is 0.375. The summed E-state index contributed by atoms with van der Waals surface area (Å²) in [5, 5.41) is 11.1. The number of rotatable bonds is 4. The summed E-state index contributed by atoms with van der Waals surface area (Å²) in [6, 6.07) is 3.45. The maximum absolute atomic E-state index is 10.7. The van der Waals surface area contributed by atoms with Crippen LogP contribution in [0.5, 0.6) is 11.5 Å². The van der Waals surface area contributed by atoms with Crippen molar-refractivity contribution in [3.8, 4) is 11.5 Å². The Hall–Kier alpha value is -1.65. The Labute approximate surface area is 129 Å². The van der Waals surface area contributed by atoms with E-state index in [-0.39, 0.29) is 0 Å². The monoisotopic (exact) mass is 310 g/mol. The lowest BCUT2D eigenvalue weighted by Gasteiger charge is -2.18. The number of hydrogen-bond donors (Lipinski definition) is 1. The van der Waals surface area contributed by atoms with E-state index >= 15 is 0 Å². The number of halogens is 1. The predicted molar refractivity (Wildman–Crippen MR) is 81.5 cm³/mol. The number of ether oxygens (including phenoxy) is 2. The number of aliphatic hydroxyl groups excluding tert-OH is 1. The second kappa shape index (κ2) is 6.00. The van der Waals surface area contributed by atoms with Crippen LogP contribution >= 0.6 is 11.6 Å². The van der Waals surface area contributed by atoms with E-state index in [1.54, 1.807) is 12.1 Å². The summed E-state index contributed by atoms with van der Waals surface area (Å²) in [7, 11) is 3.04. The smallest absolute Gasteiger partial charge is 0.147 e. The van der Waals surface area contributed by atoms with Crippen LogP contribution in [-0.2, 0) is 0 Å². The largest absolute Gasteiger partial charge is 0.495 e. The van der Waals surface area contributed by atoms with E-state index in [1.165, 1.54) is 14.2 Å². The van der Waals surface area contributed by atoms with Crippen LogP contribution in [0.2, 0.25) is 5.02 Å². The van der Waals surface area contributed by atoms with Crippen molar-refractivity contribution in [2.45, 2.75) is 26.9 Å². The number of aryl methyl sites for hydroxylation is 2. The molecule has 0 aliphatic rings. The van der Waals surface area contributed by atoms with Crippen molar-refractivity contribution in [3.63, 3.8) is 0 Å².